The van der Waals surface area contributed by atoms with E-state index in [0.717, 1.165) is 70.6 Å². The van der Waals surface area contributed by atoms with Gasteiger partial charge in [-0.1, -0.05) is 12.1 Å². The number of nitrogens with zero attached hydrogens (tertiary/aromatic N) is 2. The Balaban J connectivity index is 0.00000312. The van der Waals surface area contributed by atoms with Gasteiger partial charge in [0.1, 0.15) is 5.75 Å². The monoisotopic (exact) mass is 462 g/mol. The minimum Gasteiger partial charge on any atom is -0.497 e. The molecule has 0 aromatic heterocycles. The van der Waals surface area contributed by atoms with Gasteiger partial charge in [0, 0.05) is 32.7 Å². The summed E-state index contributed by atoms with van der Waals surface area (Å²) in [6, 6.07) is 8.18. The number of morpholine rings is 1. The Hall–Kier alpha value is -1.06. The standard InChI is InChI=1S/C18H30N4O2.HI/c1-3-19-18(21-9-10-22-11-13-24-14-12-22)20-8-7-16-5-4-6-17(15-16)23-2;/h4-6,15H,3,7-14H2,1-2H3,(H2,19,20,21);1H. The van der Waals surface area contributed by atoms with E-state index in [1.807, 2.05) is 12.1 Å². The largest absolute Gasteiger partial charge is 0.497 e. The smallest absolute Gasteiger partial charge is 0.191 e. The van der Waals surface area contributed by atoms with Crippen molar-refractivity contribution in [3.8, 4) is 5.75 Å². The molecule has 7 heteroatoms. The molecule has 1 aliphatic rings. The van der Waals surface area contributed by atoms with Crippen molar-refractivity contribution < 1.29 is 9.47 Å². The number of guanidine groups is 1. The predicted octanol–water partition coefficient (Wildman–Crippen LogP) is 1.74. The topological polar surface area (TPSA) is 58.1 Å². The Morgan fingerprint density at radius 3 is 2.80 bits per heavy atom. The van der Waals surface area contributed by atoms with E-state index in [0.29, 0.717) is 0 Å². The van der Waals surface area contributed by atoms with Crippen LogP contribution in [0.4, 0.5) is 0 Å². The van der Waals surface area contributed by atoms with Crippen molar-refractivity contribution in [3.05, 3.63) is 29.8 Å². The third-order valence-corrected chi connectivity index (χ3v) is 3.97. The molecule has 0 atom stereocenters. The van der Waals surface area contributed by atoms with E-state index in [1.165, 1.54) is 5.56 Å². The fraction of sp³-hybridized carbons (Fsp3) is 0.611. The molecule has 0 radical (unpaired) electrons. The lowest BCUT2D eigenvalue weighted by Crippen LogP contribution is -2.40. The van der Waals surface area contributed by atoms with Crippen molar-refractivity contribution in [2.45, 2.75) is 13.3 Å². The van der Waals surface area contributed by atoms with Gasteiger partial charge < -0.3 is 20.1 Å². The normalized spacial score (nSPS) is 15.4. The second kappa shape index (κ2) is 13.2. The van der Waals surface area contributed by atoms with E-state index in [9.17, 15) is 0 Å². The molecule has 0 bridgehead atoms. The lowest BCUT2D eigenvalue weighted by molar-refractivity contribution is 0.0394. The first-order valence-electron chi connectivity index (χ1n) is 8.77. The molecule has 1 aromatic carbocycles. The molecule has 1 saturated heterocycles. The van der Waals surface area contributed by atoms with Crippen LogP contribution in [-0.4, -0.2) is 70.5 Å². The average molecular weight is 462 g/mol. The zero-order valence-corrected chi connectivity index (χ0v) is 17.6. The Bertz CT molecular complexity index is 508. The molecule has 142 valence electrons. The minimum absolute atomic E-state index is 0. The van der Waals surface area contributed by atoms with Crippen molar-refractivity contribution in [2.75, 3.05) is 59.6 Å². The molecule has 2 N–H and O–H groups in total. The number of methoxy groups -OCH3 is 1. The van der Waals surface area contributed by atoms with Crippen molar-refractivity contribution in [3.63, 3.8) is 0 Å². The van der Waals surface area contributed by atoms with Gasteiger partial charge in [0.25, 0.3) is 0 Å². The second-order valence-electron chi connectivity index (χ2n) is 5.74. The van der Waals surface area contributed by atoms with Crippen LogP contribution in [0.5, 0.6) is 5.75 Å². The molecule has 25 heavy (non-hydrogen) atoms. The van der Waals surface area contributed by atoms with Crippen molar-refractivity contribution >= 4 is 29.9 Å². The van der Waals surface area contributed by atoms with Crippen molar-refractivity contribution in [2.24, 2.45) is 4.99 Å². The minimum atomic E-state index is 0. The number of nitrogens with one attached hydrogen (secondary N) is 2. The van der Waals surface area contributed by atoms with E-state index in [2.05, 4.69) is 39.6 Å². The Morgan fingerprint density at radius 2 is 2.08 bits per heavy atom. The molecular weight excluding hydrogens is 431 g/mol. The zero-order valence-electron chi connectivity index (χ0n) is 15.3. The Kier molecular flexibility index (Phi) is 11.6. The molecule has 2 rings (SSSR count). The maximum atomic E-state index is 5.37. The van der Waals surface area contributed by atoms with E-state index >= 15 is 0 Å². The number of hydrogen-bond acceptors (Lipinski definition) is 4. The first-order chi connectivity index (χ1) is 11.8. The highest BCUT2D eigenvalue weighted by Gasteiger charge is 2.09. The maximum Gasteiger partial charge on any atom is 0.191 e. The van der Waals surface area contributed by atoms with E-state index < -0.39 is 0 Å². The van der Waals surface area contributed by atoms with Gasteiger partial charge in [0.15, 0.2) is 5.96 Å². The molecule has 1 aliphatic heterocycles. The van der Waals surface area contributed by atoms with Crippen LogP contribution < -0.4 is 15.4 Å². The number of halogens is 1. The highest BCUT2D eigenvalue weighted by molar-refractivity contribution is 14.0. The summed E-state index contributed by atoms with van der Waals surface area (Å²) < 4.78 is 10.6. The maximum absolute atomic E-state index is 5.37. The zero-order chi connectivity index (χ0) is 17.0. The van der Waals surface area contributed by atoms with Crippen LogP contribution in [0.25, 0.3) is 0 Å². The molecule has 0 spiro atoms. The summed E-state index contributed by atoms with van der Waals surface area (Å²) >= 11 is 0. The summed E-state index contributed by atoms with van der Waals surface area (Å²) in [7, 11) is 1.70. The number of ether oxygens (including phenoxy) is 2. The fourth-order valence-electron chi connectivity index (χ4n) is 2.62. The number of rotatable bonds is 8. The molecule has 1 fully saturated rings. The van der Waals surface area contributed by atoms with Gasteiger partial charge in [0.05, 0.1) is 26.9 Å². The van der Waals surface area contributed by atoms with Crippen LogP contribution >= 0.6 is 24.0 Å². The van der Waals surface area contributed by atoms with E-state index in [1.54, 1.807) is 7.11 Å². The Labute approximate surface area is 168 Å². The molecule has 6 nitrogen and oxygen atoms in total. The molecule has 0 saturated carbocycles. The van der Waals surface area contributed by atoms with Gasteiger partial charge >= 0.3 is 0 Å². The van der Waals surface area contributed by atoms with Crippen LogP contribution in [0.2, 0.25) is 0 Å². The molecule has 0 aliphatic carbocycles. The third-order valence-electron chi connectivity index (χ3n) is 3.97. The summed E-state index contributed by atoms with van der Waals surface area (Å²) in [6.45, 7) is 9.26. The van der Waals surface area contributed by atoms with E-state index in [4.69, 9.17) is 9.47 Å². The average Bonchev–Trinajstić information content (AvgIpc) is 2.63. The third kappa shape index (κ3) is 8.73. The molecule has 1 heterocycles. The highest BCUT2D eigenvalue weighted by Crippen LogP contribution is 2.12. The summed E-state index contributed by atoms with van der Waals surface area (Å²) in [5.41, 5.74) is 1.26. The quantitative estimate of drug-likeness (QED) is 0.350. The van der Waals surface area contributed by atoms with Gasteiger partial charge in [-0.05, 0) is 31.0 Å². The SMILES string of the molecule is CCNC(=NCCN1CCOCC1)NCCc1cccc(OC)c1.I. The molecular formula is C18H31IN4O2. The van der Waals surface area contributed by atoms with Crippen LogP contribution in [0.15, 0.2) is 29.3 Å². The van der Waals surface area contributed by atoms with Crippen LogP contribution in [-0.2, 0) is 11.2 Å². The predicted molar refractivity (Wildman–Crippen MR) is 113 cm³/mol. The number of benzene rings is 1. The van der Waals surface area contributed by atoms with E-state index in [-0.39, 0.29) is 24.0 Å². The second-order valence-corrected chi connectivity index (χ2v) is 5.74. The van der Waals surface area contributed by atoms with Crippen LogP contribution in [0.3, 0.4) is 0 Å². The summed E-state index contributed by atoms with van der Waals surface area (Å²) in [5.74, 6) is 1.78. The van der Waals surface area contributed by atoms with Crippen LogP contribution in [0.1, 0.15) is 12.5 Å². The lowest BCUT2D eigenvalue weighted by atomic mass is 10.1. The summed E-state index contributed by atoms with van der Waals surface area (Å²) in [5, 5.41) is 6.70. The number of hydrogen-bond donors (Lipinski definition) is 2. The van der Waals surface area contributed by atoms with Crippen molar-refractivity contribution in [1.82, 2.24) is 15.5 Å². The van der Waals surface area contributed by atoms with Gasteiger partial charge in [-0.25, -0.2) is 0 Å². The van der Waals surface area contributed by atoms with Gasteiger partial charge in [-0.2, -0.15) is 0 Å². The summed E-state index contributed by atoms with van der Waals surface area (Å²) in [4.78, 5) is 7.06. The fourth-order valence-corrected chi connectivity index (χ4v) is 2.62. The number of aliphatic imine (C=N–C) groups is 1. The van der Waals surface area contributed by atoms with Gasteiger partial charge in [0.2, 0.25) is 0 Å². The van der Waals surface area contributed by atoms with Gasteiger partial charge in [-0.15, -0.1) is 24.0 Å². The lowest BCUT2D eigenvalue weighted by Gasteiger charge is -2.25. The first-order valence-corrected chi connectivity index (χ1v) is 8.77. The van der Waals surface area contributed by atoms with Crippen molar-refractivity contribution in [1.29, 1.82) is 0 Å². The highest BCUT2D eigenvalue weighted by atomic mass is 127. The molecule has 0 amide bonds. The first kappa shape index (κ1) is 22.0. The Morgan fingerprint density at radius 1 is 1.28 bits per heavy atom. The molecule has 0 unspecified atom stereocenters. The summed E-state index contributed by atoms with van der Waals surface area (Å²) in [6.07, 6.45) is 0.936. The molecule has 1 aromatic rings. The van der Waals surface area contributed by atoms with Gasteiger partial charge in [-0.3, -0.25) is 9.89 Å². The van der Waals surface area contributed by atoms with Crippen LogP contribution in [0, 0.1) is 0 Å².